The highest BCUT2D eigenvalue weighted by atomic mass is 31.2. The van der Waals surface area contributed by atoms with Gasteiger partial charge in [0.1, 0.15) is 19.3 Å². The van der Waals surface area contributed by atoms with E-state index >= 15 is 0 Å². The van der Waals surface area contributed by atoms with Crippen LogP contribution in [0, 0.1) is 5.92 Å². The number of aliphatic hydroxyl groups excluding tert-OH is 1. The van der Waals surface area contributed by atoms with E-state index in [1.807, 2.05) is 0 Å². The number of phosphoric ester groups is 2. The lowest BCUT2D eigenvalue weighted by atomic mass is 10.0. The van der Waals surface area contributed by atoms with Crippen molar-refractivity contribution in [1.82, 2.24) is 0 Å². The first-order chi connectivity index (χ1) is 44.5. The lowest BCUT2D eigenvalue weighted by Gasteiger charge is -2.21. The van der Waals surface area contributed by atoms with Crippen molar-refractivity contribution >= 4 is 39.5 Å². The Balaban J connectivity index is 5.25. The quantitative estimate of drug-likeness (QED) is 0.0222. The monoisotopic (exact) mass is 1350 g/mol. The van der Waals surface area contributed by atoms with Gasteiger partial charge < -0.3 is 33.8 Å². The standard InChI is InChI=1S/C73H142O17P2/c1-6-9-12-15-18-21-24-26-27-33-37-42-47-52-57-71(76)84-63-69(90-73(78)59-54-49-44-39-34-29-28-31-35-40-45-50-55-66(4)5)65-88-92(81,82)86-61-67(74)60-85-91(79,80)87-64-68(62-83-70(75)56-51-46-41-36-30-23-20-17-14-11-8-3)89-72(77)58-53-48-43-38-32-25-22-19-16-13-10-7-2/h66-69,74H,6-65H2,1-5H3,(H,79,80)(H,81,82)/t67-,68+,69+/m0/s1. The van der Waals surface area contributed by atoms with E-state index in [0.29, 0.717) is 25.7 Å². The molecular weight excluding hydrogens is 1210 g/mol. The van der Waals surface area contributed by atoms with Crippen LogP contribution in [0.1, 0.15) is 381 Å². The Kier molecular flexibility index (Phi) is 64.9. The largest absolute Gasteiger partial charge is 0.472 e. The minimum absolute atomic E-state index is 0.108. The van der Waals surface area contributed by atoms with Crippen LogP contribution in [0.5, 0.6) is 0 Å². The zero-order valence-electron chi connectivity index (χ0n) is 59.7. The van der Waals surface area contributed by atoms with E-state index in [9.17, 15) is 43.2 Å². The van der Waals surface area contributed by atoms with Crippen LogP contribution in [0.4, 0.5) is 0 Å². The summed E-state index contributed by atoms with van der Waals surface area (Å²) < 4.78 is 68.4. The molecule has 17 nitrogen and oxygen atoms in total. The molecule has 0 aromatic carbocycles. The Morgan fingerprint density at radius 3 is 0.739 bits per heavy atom. The van der Waals surface area contributed by atoms with E-state index < -0.39 is 97.5 Å². The molecule has 0 fully saturated rings. The van der Waals surface area contributed by atoms with Crippen LogP contribution in [0.15, 0.2) is 0 Å². The number of unbranched alkanes of at least 4 members (excludes halogenated alkanes) is 45. The van der Waals surface area contributed by atoms with Gasteiger partial charge >= 0.3 is 39.5 Å². The van der Waals surface area contributed by atoms with Crippen molar-refractivity contribution in [3.8, 4) is 0 Å². The molecule has 5 atom stereocenters. The Labute approximate surface area is 562 Å². The molecule has 0 aromatic heterocycles. The molecule has 0 heterocycles. The number of rotatable bonds is 73. The number of hydrogen-bond acceptors (Lipinski definition) is 15. The molecule has 0 aliphatic heterocycles. The summed E-state index contributed by atoms with van der Waals surface area (Å²) in [7, 11) is -9.90. The molecule has 0 radical (unpaired) electrons. The zero-order chi connectivity index (χ0) is 67.7. The minimum Gasteiger partial charge on any atom is -0.462 e. The van der Waals surface area contributed by atoms with Gasteiger partial charge in [-0.3, -0.25) is 37.3 Å². The summed E-state index contributed by atoms with van der Waals surface area (Å²) in [4.78, 5) is 72.7. The lowest BCUT2D eigenvalue weighted by molar-refractivity contribution is -0.161. The van der Waals surface area contributed by atoms with Gasteiger partial charge in [-0.15, -0.1) is 0 Å². The van der Waals surface area contributed by atoms with E-state index in [1.165, 1.54) is 205 Å². The van der Waals surface area contributed by atoms with Crippen molar-refractivity contribution in [2.24, 2.45) is 5.92 Å². The fraction of sp³-hybridized carbons (Fsp3) is 0.945. The second-order valence-electron chi connectivity index (χ2n) is 26.8. The fourth-order valence-corrected chi connectivity index (χ4v) is 12.8. The second-order valence-corrected chi connectivity index (χ2v) is 29.7. The maximum Gasteiger partial charge on any atom is 0.472 e. The third-order valence-electron chi connectivity index (χ3n) is 17.0. The zero-order valence-corrected chi connectivity index (χ0v) is 61.5. The van der Waals surface area contributed by atoms with Crippen LogP contribution in [-0.2, 0) is 65.4 Å². The second kappa shape index (κ2) is 66.3. The summed E-state index contributed by atoms with van der Waals surface area (Å²) in [5.74, 6) is -1.34. The molecule has 0 aromatic rings. The van der Waals surface area contributed by atoms with Gasteiger partial charge in [0.2, 0.25) is 0 Å². The van der Waals surface area contributed by atoms with Crippen LogP contribution in [0.3, 0.4) is 0 Å². The highest BCUT2D eigenvalue weighted by Crippen LogP contribution is 2.45. The number of carbonyl (C=O) groups excluding carboxylic acids is 4. The molecule has 546 valence electrons. The van der Waals surface area contributed by atoms with E-state index in [-0.39, 0.29) is 25.7 Å². The van der Waals surface area contributed by atoms with Crippen molar-refractivity contribution < 1.29 is 80.2 Å². The topological polar surface area (TPSA) is 237 Å². The first kappa shape index (κ1) is 90.1. The van der Waals surface area contributed by atoms with Crippen molar-refractivity contribution in [3.05, 3.63) is 0 Å². The highest BCUT2D eigenvalue weighted by Gasteiger charge is 2.30. The van der Waals surface area contributed by atoms with Gasteiger partial charge in [-0.05, 0) is 31.6 Å². The molecule has 0 rings (SSSR count). The number of phosphoric acid groups is 2. The van der Waals surface area contributed by atoms with E-state index in [0.717, 1.165) is 95.8 Å². The van der Waals surface area contributed by atoms with Gasteiger partial charge in [-0.25, -0.2) is 9.13 Å². The van der Waals surface area contributed by atoms with E-state index in [2.05, 4.69) is 34.6 Å². The van der Waals surface area contributed by atoms with Crippen LogP contribution in [0.25, 0.3) is 0 Å². The normalized spacial score (nSPS) is 14.0. The van der Waals surface area contributed by atoms with Crippen molar-refractivity contribution in [2.45, 2.75) is 400 Å². The number of ether oxygens (including phenoxy) is 4. The molecule has 0 aliphatic carbocycles. The molecule has 19 heteroatoms. The predicted octanol–water partition coefficient (Wildman–Crippen LogP) is 21.3. The maximum absolute atomic E-state index is 13.1. The van der Waals surface area contributed by atoms with E-state index in [4.69, 9.17) is 37.0 Å². The third kappa shape index (κ3) is 66.7. The molecule has 92 heavy (non-hydrogen) atoms. The summed E-state index contributed by atoms with van der Waals surface area (Å²) in [6, 6.07) is 0. The van der Waals surface area contributed by atoms with Gasteiger partial charge in [0.05, 0.1) is 26.4 Å². The Morgan fingerprint density at radius 2 is 0.500 bits per heavy atom. The first-order valence-electron chi connectivity index (χ1n) is 38.1. The average Bonchev–Trinajstić information content (AvgIpc) is 2.38. The Bertz CT molecular complexity index is 1770. The smallest absolute Gasteiger partial charge is 0.462 e. The van der Waals surface area contributed by atoms with Crippen molar-refractivity contribution in [2.75, 3.05) is 39.6 Å². The fourth-order valence-electron chi connectivity index (χ4n) is 11.2. The van der Waals surface area contributed by atoms with Gasteiger partial charge in [0.25, 0.3) is 0 Å². The van der Waals surface area contributed by atoms with E-state index in [1.54, 1.807) is 0 Å². The minimum atomic E-state index is -4.95. The SMILES string of the molecule is CCCCCCCCCCCCCCCCC(=O)OC[C@H](COP(=O)(O)OC[C@@H](O)COP(=O)(O)OC[C@@H](COC(=O)CCCCCCCCCCCCC)OC(=O)CCCCCCCCCCCCCC)OC(=O)CCCCCCCCCCCCCCC(C)C. The first-order valence-corrected chi connectivity index (χ1v) is 41.1. The summed E-state index contributed by atoms with van der Waals surface area (Å²) in [5.41, 5.74) is 0. The molecule has 3 N–H and O–H groups in total. The van der Waals surface area contributed by atoms with Crippen molar-refractivity contribution in [3.63, 3.8) is 0 Å². The molecule has 0 saturated heterocycles. The van der Waals surface area contributed by atoms with Crippen LogP contribution < -0.4 is 0 Å². The van der Waals surface area contributed by atoms with Crippen LogP contribution in [-0.4, -0.2) is 96.7 Å². The third-order valence-corrected chi connectivity index (χ3v) is 18.9. The average molecular weight is 1350 g/mol. The number of esters is 4. The van der Waals surface area contributed by atoms with Gasteiger partial charge in [-0.2, -0.15) is 0 Å². The molecule has 0 aliphatic rings. The number of hydrogen-bond donors (Lipinski definition) is 3. The summed E-state index contributed by atoms with van der Waals surface area (Å²) in [6.07, 6.45) is 53.9. The van der Waals surface area contributed by atoms with Crippen LogP contribution in [0.2, 0.25) is 0 Å². The van der Waals surface area contributed by atoms with Crippen LogP contribution >= 0.6 is 15.6 Å². The summed E-state index contributed by atoms with van der Waals surface area (Å²) in [5, 5.41) is 10.6. The Hall–Kier alpha value is -1.94. The molecule has 0 saturated carbocycles. The molecule has 2 unspecified atom stereocenters. The molecule has 0 amide bonds. The van der Waals surface area contributed by atoms with Gasteiger partial charge in [0, 0.05) is 25.7 Å². The summed E-state index contributed by atoms with van der Waals surface area (Å²) >= 11 is 0. The molecule has 0 bridgehead atoms. The molecule has 0 spiro atoms. The maximum atomic E-state index is 13.1. The molecular formula is C73H142O17P2. The predicted molar refractivity (Wildman–Crippen MR) is 372 cm³/mol. The number of carbonyl (C=O) groups is 4. The number of aliphatic hydroxyl groups is 1. The lowest BCUT2D eigenvalue weighted by Crippen LogP contribution is -2.30. The van der Waals surface area contributed by atoms with Gasteiger partial charge in [0.15, 0.2) is 12.2 Å². The highest BCUT2D eigenvalue weighted by molar-refractivity contribution is 7.47. The van der Waals surface area contributed by atoms with Gasteiger partial charge in [-0.1, -0.05) is 330 Å². The Morgan fingerprint density at radius 1 is 0.293 bits per heavy atom. The summed E-state index contributed by atoms with van der Waals surface area (Å²) in [6.45, 7) is 7.28. The van der Waals surface area contributed by atoms with Crippen molar-refractivity contribution in [1.29, 1.82) is 0 Å².